The van der Waals surface area contributed by atoms with E-state index < -0.39 is 6.10 Å². The largest absolute Gasteiger partial charge is 0.393 e. The second-order valence-corrected chi connectivity index (χ2v) is 4.85. The summed E-state index contributed by atoms with van der Waals surface area (Å²) in [7, 11) is 1.72. The van der Waals surface area contributed by atoms with Crippen LogP contribution in [0.2, 0.25) is 0 Å². The molecule has 0 aromatic heterocycles. The van der Waals surface area contributed by atoms with Crippen LogP contribution in [0.5, 0.6) is 0 Å². The lowest BCUT2D eigenvalue weighted by Gasteiger charge is -2.19. The number of hydrogen-bond acceptors (Lipinski definition) is 3. The van der Waals surface area contributed by atoms with Crippen LogP contribution in [0, 0.1) is 18.8 Å². The zero-order valence-electron chi connectivity index (χ0n) is 12.2. The van der Waals surface area contributed by atoms with Crippen molar-refractivity contribution in [2.24, 2.45) is 0 Å². The molecule has 1 aromatic rings. The van der Waals surface area contributed by atoms with Crippen molar-refractivity contribution in [3.63, 3.8) is 0 Å². The lowest BCUT2D eigenvalue weighted by atomic mass is 10.0. The van der Waals surface area contributed by atoms with Gasteiger partial charge in [0.25, 0.3) is 5.91 Å². The van der Waals surface area contributed by atoms with Gasteiger partial charge in [0.05, 0.1) is 6.10 Å². The molecule has 0 saturated carbocycles. The van der Waals surface area contributed by atoms with E-state index >= 15 is 0 Å². The number of amides is 1. The van der Waals surface area contributed by atoms with Crippen molar-refractivity contribution in [3.05, 3.63) is 34.9 Å². The molecule has 0 bridgehead atoms. The Bertz CT molecular complexity index is 526. The normalized spacial score (nSPS) is 11.4. The fourth-order valence-electron chi connectivity index (χ4n) is 1.76. The summed E-state index contributed by atoms with van der Waals surface area (Å²) in [5.41, 5.74) is 2.19. The highest BCUT2D eigenvalue weighted by Gasteiger charge is 2.14. The van der Waals surface area contributed by atoms with E-state index in [4.69, 9.17) is 5.11 Å². The summed E-state index contributed by atoms with van der Waals surface area (Å²) in [4.78, 5) is 13.9. The summed E-state index contributed by atoms with van der Waals surface area (Å²) in [5.74, 6) is 5.28. The first kappa shape index (κ1) is 16.2. The van der Waals surface area contributed by atoms with Gasteiger partial charge in [-0.15, -0.1) is 0 Å². The minimum atomic E-state index is -0.423. The number of nitrogens with zero attached hydrogens (tertiary/aromatic N) is 1. The van der Waals surface area contributed by atoms with E-state index in [9.17, 15) is 9.90 Å². The predicted molar refractivity (Wildman–Crippen MR) is 78.4 cm³/mol. The molecule has 0 aliphatic carbocycles. The second kappa shape index (κ2) is 7.68. The molecular formula is C16H21NO3. The summed E-state index contributed by atoms with van der Waals surface area (Å²) >= 11 is 0. The van der Waals surface area contributed by atoms with Gasteiger partial charge in [-0.2, -0.15) is 0 Å². The Morgan fingerprint density at radius 2 is 2.15 bits per heavy atom. The SMILES string of the molecule is Cc1ccc(C#CCO)cc1C(=O)N(C)CCC(C)O. The van der Waals surface area contributed by atoms with Crippen molar-refractivity contribution in [1.82, 2.24) is 4.90 Å². The molecule has 1 aromatic carbocycles. The fourth-order valence-corrected chi connectivity index (χ4v) is 1.76. The van der Waals surface area contributed by atoms with Gasteiger partial charge in [-0.3, -0.25) is 4.79 Å². The summed E-state index contributed by atoms with van der Waals surface area (Å²) < 4.78 is 0. The highest BCUT2D eigenvalue weighted by Crippen LogP contribution is 2.13. The number of carbonyl (C=O) groups is 1. The molecule has 1 unspecified atom stereocenters. The molecule has 4 nitrogen and oxygen atoms in total. The Balaban J connectivity index is 2.91. The van der Waals surface area contributed by atoms with Crippen LogP contribution in [0.4, 0.5) is 0 Å². The van der Waals surface area contributed by atoms with Gasteiger partial charge in [0, 0.05) is 24.7 Å². The van der Waals surface area contributed by atoms with E-state index in [2.05, 4.69) is 11.8 Å². The Morgan fingerprint density at radius 1 is 1.45 bits per heavy atom. The van der Waals surface area contributed by atoms with Gasteiger partial charge in [0.15, 0.2) is 0 Å². The Kier molecular flexibility index (Phi) is 6.23. The third-order valence-corrected chi connectivity index (χ3v) is 3.01. The first-order valence-corrected chi connectivity index (χ1v) is 6.59. The van der Waals surface area contributed by atoms with Crippen LogP contribution >= 0.6 is 0 Å². The summed E-state index contributed by atoms with van der Waals surface area (Å²) in [6.07, 6.45) is 0.124. The number of carbonyl (C=O) groups excluding carboxylic acids is 1. The van der Waals surface area contributed by atoms with Crippen LogP contribution < -0.4 is 0 Å². The standard InChI is InChI=1S/C16H21NO3/c1-12-6-7-14(5-4-10-18)11-15(12)16(20)17(3)9-8-13(2)19/h6-7,11,13,18-19H,8-10H2,1-3H3. The zero-order valence-corrected chi connectivity index (χ0v) is 12.2. The van der Waals surface area contributed by atoms with Crippen LogP contribution in [-0.2, 0) is 0 Å². The molecule has 4 heteroatoms. The summed E-state index contributed by atoms with van der Waals surface area (Å²) in [6, 6.07) is 5.40. The Morgan fingerprint density at radius 3 is 2.75 bits per heavy atom. The van der Waals surface area contributed by atoms with Crippen molar-refractivity contribution >= 4 is 5.91 Å². The van der Waals surface area contributed by atoms with E-state index in [1.165, 1.54) is 0 Å². The lowest BCUT2D eigenvalue weighted by Crippen LogP contribution is -2.30. The number of rotatable bonds is 4. The molecule has 0 aliphatic rings. The van der Waals surface area contributed by atoms with Gasteiger partial charge in [-0.1, -0.05) is 17.9 Å². The van der Waals surface area contributed by atoms with Gasteiger partial charge in [0.1, 0.15) is 6.61 Å². The Labute approximate surface area is 120 Å². The van der Waals surface area contributed by atoms with Gasteiger partial charge in [-0.05, 0) is 38.0 Å². The smallest absolute Gasteiger partial charge is 0.253 e. The predicted octanol–water partition coefficient (Wildman–Crippen LogP) is 1.18. The molecule has 1 amide bonds. The van der Waals surface area contributed by atoms with Crippen LogP contribution in [0.1, 0.15) is 34.8 Å². The minimum absolute atomic E-state index is 0.0872. The molecular weight excluding hydrogens is 254 g/mol. The molecule has 0 aliphatic heterocycles. The maximum atomic E-state index is 12.4. The molecule has 2 N–H and O–H groups in total. The third kappa shape index (κ3) is 4.69. The quantitative estimate of drug-likeness (QED) is 0.811. The van der Waals surface area contributed by atoms with Crippen LogP contribution in [0.3, 0.4) is 0 Å². The summed E-state index contributed by atoms with van der Waals surface area (Å²) in [5, 5.41) is 18.0. The molecule has 0 saturated heterocycles. The van der Waals surface area contributed by atoms with E-state index in [-0.39, 0.29) is 12.5 Å². The maximum absolute atomic E-state index is 12.4. The highest BCUT2D eigenvalue weighted by atomic mass is 16.3. The van der Waals surface area contributed by atoms with Gasteiger partial charge >= 0.3 is 0 Å². The van der Waals surface area contributed by atoms with Crippen molar-refractivity contribution in [2.75, 3.05) is 20.2 Å². The molecule has 0 fully saturated rings. The molecule has 1 atom stereocenters. The second-order valence-electron chi connectivity index (χ2n) is 4.85. The number of aliphatic hydroxyl groups is 2. The highest BCUT2D eigenvalue weighted by molar-refractivity contribution is 5.95. The number of aliphatic hydroxyl groups excluding tert-OH is 2. The number of hydrogen-bond donors (Lipinski definition) is 2. The molecule has 108 valence electrons. The molecule has 20 heavy (non-hydrogen) atoms. The third-order valence-electron chi connectivity index (χ3n) is 3.01. The van der Waals surface area contributed by atoms with Crippen LogP contribution in [0.15, 0.2) is 18.2 Å². The first-order chi connectivity index (χ1) is 9.45. The van der Waals surface area contributed by atoms with Gasteiger partial charge in [-0.25, -0.2) is 0 Å². The zero-order chi connectivity index (χ0) is 15.1. The van der Waals surface area contributed by atoms with Crippen LogP contribution in [-0.4, -0.2) is 47.3 Å². The van der Waals surface area contributed by atoms with E-state index in [1.807, 2.05) is 19.1 Å². The number of benzene rings is 1. The average molecular weight is 275 g/mol. The lowest BCUT2D eigenvalue weighted by molar-refractivity contribution is 0.0768. The van der Waals surface area contributed by atoms with Crippen molar-refractivity contribution in [3.8, 4) is 11.8 Å². The van der Waals surface area contributed by atoms with E-state index in [1.54, 1.807) is 24.9 Å². The van der Waals surface area contributed by atoms with Crippen molar-refractivity contribution in [1.29, 1.82) is 0 Å². The Hall–Kier alpha value is -1.83. The maximum Gasteiger partial charge on any atom is 0.253 e. The average Bonchev–Trinajstić information content (AvgIpc) is 2.43. The topological polar surface area (TPSA) is 60.8 Å². The van der Waals surface area contributed by atoms with Crippen molar-refractivity contribution < 1.29 is 15.0 Å². The van der Waals surface area contributed by atoms with Crippen molar-refractivity contribution in [2.45, 2.75) is 26.4 Å². The van der Waals surface area contributed by atoms with Gasteiger partial charge in [0.2, 0.25) is 0 Å². The number of aryl methyl sites for hydroxylation is 1. The molecule has 0 heterocycles. The van der Waals surface area contributed by atoms with E-state index in [0.29, 0.717) is 24.1 Å². The molecule has 0 spiro atoms. The first-order valence-electron chi connectivity index (χ1n) is 6.59. The minimum Gasteiger partial charge on any atom is -0.393 e. The van der Waals surface area contributed by atoms with Gasteiger partial charge < -0.3 is 15.1 Å². The summed E-state index contributed by atoms with van der Waals surface area (Å²) in [6.45, 7) is 3.88. The molecule has 1 rings (SSSR count). The fraction of sp³-hybridized carbons (Fsp3) is 0.438. The van der Waals surface area contributed by atoms with E-state index in [0.717, 1.165) is 5.56 Å². The molecule has 0 radical (unpaired) electrons. The van der Waals surface area contributed by atoms with Crippen LogP contribution in [0.25, 0.3) is 0 Å². The monoisotopic (exact) mass is 275 g/mol.